The molecule has 0 spiro atoms. The standard InChI is InChI=1S/C16H21N3O2/c1-11(2)17-9-7-15-18-16(19-21-15)13-8-10-20-14-6-4-3-5-12(13)14/h3-6,11,13,17H,7-10H2,1-2H3. The van der Waals surface area contributed by atoms with Crippen LogP contribution in [0.25, 0.3) is 0 Å². The molecule has 0 radical (unpaired) electrons. The number of hydrogen-bond acceptors (Lipinski definition) is 5. The molecule has 21 heavy (non-hydrogen) atoms. The van der Waals surface area contributed by atoms with Gasteiger partial charge in [-0.3, -0.25) is 0 Å². The van der Waals surface area contributed by atoms with E-state index in [9.17, 15) is 0 Å². The lowest BCUT2D eigenvalue weighted by Gasteiger charge is -2.23. The van der Waals surface area contributed by atoms with Crippen molar-refractivity contribution >= 4 is 0 Å². The highest BCUT2D eigenvalue weighted by atomic mass is 16.5. The van der Waals surface area contributed by atoms with E-state index in [0.717, 1.165) is 36.5 Å². The predicted molar refractivity (Wildman–Crippen MR) is 79.5 cm³/mol. The molecule has 3 rings (SSSR count). The van der Waals surface area contributed by atoms with Gasteiger partial charge < -0.3 is 14.6 Å². The molecule has 2 heterocycles. The van der Waals surface area contributed by atoms with Gasteiger partial charge in [0.15, 0.2) is 5.82 Å². The van der Waals surface area contributed by atoms with Crippen LogP contribution in [0.15, 0.2) is 28.8 Å². The van der Waals surface area contributed by atoms with Gasteiger partial charge >= 0.3 is 0 Å². The molecule has 1 aliphatic heterocycles. The second-order valence-corrected chi connectivity index (χ2v) is 5.63. The van der Waals surface area contributed by atoms with Crippen molar-refractivity contribution in [3.63, 3.8) is 0 Å². The van der Waals surface area contributed by atoms with Crippen LogP contribution in [0, 0.1) is 0 Å². The first-order valence-electron chi connectivity index (χ1n) is 7.51. The molecule has 1 N–H and O–H groups in total. The second kappa shape index (κ2) is 6.26. The van der Waals surface area contributed by atoms with Gasteiger partial charge in [-0.05, 0) is 12.5 Å². The zero-order valence-corrected chi connectivity index (χ0v) is 12.5. The van der Waals surface area contributed by atoms with Crippen LogP contribution in [-0.4, -0.2) is 29.3 Å². The van der Waals surface area contributed by atoms with Gasteiger partial charge in [-0.1, -0.05) is 37.2 Å². The SMILES string of the molecule is CC(C)NCCc1nc(C2CCOc3ccccc32)no1. The molecule has 0 aliphatic carbocycles. The summed E-state index contributed by atoms with van der Waals surface area (Å²) in [6.45, 7) is 5.79. The largest absolute Gasteiger partial charge is 0.493 e. The van der Waals surface area contributed by atoms with Crippen molar-refractivity contribution in [1.29, 1.82) is 0 Å². The van der Waals surface area contributed by atoms with Gasteiger partial charge in [0.25, 0.3) is 0 Å². The molecule has 1 aliphatic rings. The predicted octanol–water partition coefficient (Wildman–Crippen LogP) is 2.52. The number of benzene rings is 1. The fraction of sp³-hybridized carbons (Fsp3) is 0.500. The van der Waals surface area contributed by atoms with E-state index in [0.29, 0.717) is 18.5 Å². The summed E-state index contributed by atoms with van der Waals surface area (Å²) in [6.07, 6.45) is 1.65. The molecule has 0 saturated heterocycles. The Hall–Kier alpha value is -1.88. The second-order valence-electron chi connectivity index (χ2n) is 5.63. The van der Waals surface area contributed by atoms with Gasteiger partial charge in [-0.15, -0.1) is 0 Å². The number of aromatic nitrogens is 2. The third-order valence-electron chi connectivity index (χ3n) is 3.65. The van der Waals surface area contributed by atoms with Crippen molar-refractivity contribution in [3.8, 4) is 5.75 Å². The maximum Gasteiger partial charge on any atom is 0.227 e. The number of fused-ring (bicyclic) bond motifs is 1. The highest BCUT2D eigenvalue weighted by molar-refractivity contribution is 5.40. The van der Waals surface area contributed by atoms with Crippen LogP contribution < -0.4 is 10.1 Å². The lowest BCUT2D eigenvalue weighted by Crippen LogP contribution is -2.25. The van der Waals surface area contributed by atoms with Crippen LogP contribution in [0.4, 0.5) is 0 Å². The Morgan fingerprint density at radius 3 is 3.05 bits per heavy atom. The maximum atomic E-state index is 5.68. The molecule has 1 atom stereocenters. The average Bonchev–Trinajstić information content (AvgIpc) is 2.95. The van der Waals surface area contributed by atoms with Gasteiger partial charge in [0.1, 0.15) is 5.75 Å². The Balaban J connectivity index is 1.72. The summed E-state index contributed by atoms with van der Waals surface area (Å²) in [5, 5.41) is 7.52. The zero-order chi connectivity index (χ0) is 14.7. The summed E-state index contributed by atoms with van der Waals surface area (Å²) in [5.74, 6) is 2.57. The average molecular weight is 287 g/mol. The lowest BCUT2D eigenvalue weighted by molar-refractivity contribution is 0.272. The third kappa shape index (κ3) is 3.24. The first kappa shape index (κ1) is 14.1. The van der Waals surface area contributed by atoms with E-state index >= 15 is 0 Å². The highest BCUT2D eigenvalue weighted by Gasteiger charge is 2.26. The molecule has 1 unspecified atom stereocenters. The van der Waals surface area contributed by atoms with Crippen molar-refractivity contribution in [1.82, 2.24) is 15.5 Å². The van der Waals surface area contributed by atoms with Crippen molar-refractivity contribution < 1.29 is 9.26 Å². The molecule has 0 amide bonds. The van der Waals surface area contributed by atoms with Crippen LogP contribution in [0.2, 0.25) is 0 Å². The van der Waals surface area contributed by atoms with E-state index < -0.39 is 0 Å². The molecule has 1 aromatic carbocycles. The van der Waals surface area contributed by atoms with E-state index in [-0.39, 0.29) is 5.92 Å². The minimum Gasteiger partial charge on any atom is -0.493 e. The fourth-order valence-electron chi connectivity index (χ4n) is 2.59. The number of para-hydroxylation sites is 1. The van der Waals surface area contributed by atoms with Crippen LogP contribution in [-0.2, 0) is 6.42 Å². The van der Waals surface area contributed by atoms with Crippen molar-refractivity contribution in [3.05, 3.63) is 41.5 Å². The van der Waals surface area contributed by atoms with E-state index in [2.05, 4.69) is 35.4 Å². The normalized spacial score (nSPS) is 17.6. The summed E-state index contributed by atoms with van der Waals surface area (Å²) in [7, 11) is 0. The summed E-state index contributed by atoms with van der Waals surface area (Å²) < 4.78 is 11.0. The smallest absolute Gasteiger partial charge is 0.227 e. The van der Waals surface area contributed by atoms with Gasteiger partial charge in [0.05, 0.1) is 12.5 Å². The molecular formula is C16H21N3O2. The van der Waals surface area contributed by atoms with E-state index in [1.807, 2.05) is 18.2 Å². The highest BCUT2D eigenvalue weighted by Crippen LogP contribution is 2.36. The van der Waals surface area contributed by atoms with Crippen LogP contribution >= 0.6 is 0 Å². The minimum absolute atomic E-state index is 0.172. The Kier molecular flexibility index (Phi) is 4.20. The molecule has 5 heteroatoms. The van der Waals surface area contributed by atoms with Crippen molar-refractivity contribution in [2.24, 2.45) is 0 Å². The zero-order valence-electron chi connectivity index (χ0n) is 12.5. The van der Waals surface area contributed by atoms with Crippen LogP contribution in [0.5, 0.6) is 5.75 Å². The number of nitrogens with one attached hydrogen (secondary N) is 1. The topological polar surface area (TPSA) is 60.2 Å². The van der Waals surface area contributed by atoms with Gasteiger partial charge in [0.2, 0.25) is 5.89 Å². The Labute approximate surface area is 124 Å². The number of nitrogens with zero attached hydrogens (tertiary/aromatic N) is 2. The monoisotopic (exact) mass is 287 g/mol. The summed E-state index contributed by atoms with van der Waals surface area (Å²) >= 11 is 0. The molecule has 1 aromatic heterocycles. The minimum atomic E-state index is 0.172. The molecule has 0 bridgehead atoms. The molecular weight excluding hydrogens is 266 g/mol. The van der Waals surface area contributed by atoms with Crippen molar-refractivity contribution in [2.75, 3.05) is 13.2 Å². The van der Waals surface area contributed by atoms with E-state index in [4.69, 9.17) is 9.26 Å². The molecule has 0 fully saturated rings. The first-order valence-corrected chi connectivity index (χ1v) is 7.51. The molecule has 5 nitrogen and oxygen atoms in total. The van der Waals surface area contributed by atoms with E-state index in [1.54, 1.807) is 0 Å². The molecule has 0 saturated carbocycles. The quantitative estimate of drug-likeness (QED) is 0.915. The Bertz CT molecular complexity index is 595. The third-order valence-corrected chi connectivity index (χ3v) is 3.65. The first-order chi connectivity index (χ1) is 10.2. The molecule has 112 valence electrons. The Morgan fingerprint density at radius 2 is 2.19 bits per heavy atom. The number of ether oxygens (including phenoxy) is 1. The summed E-state index contributed by atoms with van der Waals surface area (Å²) in [4.78, 5) is 4.56. The van der Waals surface area contributed by atoms with Gasteiger partial charge in [0, 0.05) is 24.6 Å². The van der Waals surface area contributed by atoms with Gasteiger partial charge in [-0.25, -0.2) is 0 Å². The molecule has 2 aromatic rings. The van der Waals surface area contributed by atoms with Crippen LogP contribution in [0.3, 0.4) is 0 Å². The summed E-state index contributed by atoms with van der Waals surface area (Å²) in [5.41, 5.74) is 1.15. The summed E-state index contributed by atoms with van der Waals surface area (Å²) in [6, 6.07) is 8.55. The lowest BCUT2D eigenvalue weighted by atomic mass is 9.92. The fourth-order valence-corrected chi connectivity index (χ4v) is 2.59. The number of rotatable bonds is 5. The number of hydrogen-bond donors (Lipinski definition) is 1. The van der Waals surface area contributed by atoms with Gasteiger partial charge in [-0.2, -0.15) is 4.98 Å². The van der Waals surface area contributed by atoms with E-state index in [1.165, 1.54) is 0 Å². The van der Waals surface area contributed by atoms with Crippen molar-refractivity contribution in [2.45, 2.75) is 38.6 Å². The Morgan fingerprint density at radius 1 is 1.33 bits per heavy atom. The van der Waals surface area contributed by atoms with Crippen LogP contribution in [0.1, 0.15) is 43.5 Å². The maximum absolute atomic E-state index is 5.68.